The van der Waals surface area contributed by atoms with Gasteiger partial charge < -0.3 is 5.32 Å². The Hall–Kier alpha value is -3.58. The van der Waals surface area contributed by atoms with Gasteiger partial charge in [-0.15, -0.1) is 10.2 Å². The zero-order valence-electron chi connectivity index (χ0n) is 15.7. The predicted molar refractivity (Wildman–Crippen MR) is 111 cm³/mol. The van der Waals surface area contributed by atoms with E-state index in [9.17, 15) is 9.18 Å². The van der Waals surface area contributed by atoms with E-state index in [0.717, 1.165) is 11.1 Å². The van der Waals surface area contributed by atoms with Crippen LogP contribution in [-0.2, 0) is 11.3 Å². The summed E-state index contributed by atoms with van der Waals surface area (Å²) < 4.78 is 13.1. The minimum Gasteiger partial charge on any atom is -0.344 e. The van der Waals surface area contributed by atoms with Gasteiger partial charge in [-0.05, 0) is 52.7 Å². The van der Waals surface area contributed by atoms with Gasteiger partial charge in [-0.25, -0.2) is 4.39 Å². The van der Waals surface area contributed by atoms with Gasteiger partial charge in [0.2, 0.25) is 11.7 Å². The van der Waals surface area contributed by atoms with E-state index in [2.05, 4.69) is 20.7 Å². The molecule has 8 heteroatoms. The second-order valence-corrected chi connectivity index (χ2v) is 7.05. The van der Waals surface area contributed by atoms with Crippen molar-refractivity contribution in [2.24, 2.45) is 0 Å². The Morgan fingerprint density at radius 2 is 1.63 bits per heavy atom. The maximum atomic E-state index is 13.1. The molecule has 1 atom stereocenters. The predicted octanol–water partition coefficient (Wildman–Crippen LogP) is 4.04. The Bertz CT molecular complexity index is 1130. The molecule has 6 nitrogen and oxygen atoms in total. The molecule has 0 radical (unpaired) electrons. The van der Waals surface area contributed by atoms with Crippen molar-refractivity contribution < 1.29 is 9.18 Å². The summed E-state index contributed by atoms with van der Waals surface area (Å²) in [7, 11) is 0. The maximum Gasteiger partial charge on any atom is 0.244 e. The van der Waals surface area contributed by atoms with E-state index < -0.39 is 0 Å². The lowest BCUT2D eigenvalue weighted by Crippen LogP contribution is -2.32. The first kappa shape index (κ1) is 19.7. The molecule has 0 spiro atoms. The Morgan fingerprint density at radius 3 is 2.33 bits per heavy atom. The van der Waals surface area contributed by atoms with Crippen LogP contribution >= 0.6 is 11.6 Å². The summed E-state index contributed by atoms with van der Waals surface area (Å²) in [6.45, 7) is -0.106. The number of carbonyl (C=O) groups excluding carboxylic acids is 1. The topological polar surface area (TPSA) is 72.7 Å². The fourth-order valence-corrected chi connectivity index (χ4v) is 3.15. The number of rotatable bonds is 6. The van der Waals surface area contributed by atoms with Gasteiger partial charge >= 0.3 is 0 Å². The monoisotopic (exact) mass is 421 g/mol. The molecule has 0 saturated carbocycles. The SMILES string of the molecule is O=C(Cn1nnc(-c2ccc(F)cc2)n1)N[C@H](c1ccccc1)c1ccc(Cl)cc1. The van der Waals surface area contributed by atoms with E-state index in [1.807, 2.05) is 42.5 Å². The van der Waals surface area contributed by atoms with Crippen LogP contribution in [0.5, 0.6) is 0 Å². The normalized spacial score (nSPS) is 11.8. The summed E-state index contributed by atoms with van der Waals surface area (Å²) in [6.07, 6.45) is 0. The third-order valence-corrected chi connectivity index (χ3v) is 4.73. The van der Waals surface area contributed by atoms with Crippen LogP contribution in [0.2, 0.25) is 5.02 Å². The fourth-order valence-electron chi connectivity index (χ4n) is 3.02. The minimum absolute atomic E-state index is 0.106. The third-order valence-electron chi connectivity index (χ3n) is 4.48. The second kappa shape index (κ2) is 8.84. The average Bonchev–Trinajstić information content (AvgIpc) is 3.22. The number of halogens is 2. The van der Waals surface area contributed by atoms with Gasteiger partial charge in [0.15, 0.2) is 0 Å². The number of nitrogens with one attached hydrogen (secondary N) is 1. The van der Waals surface area contributed by atoms with E-state index in [4.69, 9.17) is 11.6 Å². The third kappa shape index (κ3) is 4.69. The lowest BCUT2D eigenvalue weighted by Gasteiger charge is -2.20. The van der Waals surface area contributed by atoms with Gasteiger partial charge in [-0.3, -0.25) is 4.79 Å². The van der Waals surface area contributed by atoms with Crippen molar-refractivity contribution in [1.29, 1.82) is 0 Å². The molecule has 0 fully saturated rings. The highest BCUT2D eigenvalue weighted by Gasteiger charge is 2.18. The van der Waals surface area contributed by atoms with Crippen LogP contribution in [0.15, 0.2) is 78.9 Å². The zero-order chi connectivity index (χ0) is 20.9. The molecule has 0 bridgehead atoms. The Kier molecular flexibility index (Phi) is 5.81. The molecular weight excluding hydrogens is 405 g/mol. The summed E-state index contributed by atoms with van der Waals surface area (Å²) in [5.74, 6) is -0.304. The molecule has 0 saturated heterocycles. The fraction of sp³-hybridized carbons (Fsp3) is 0.0909. The summed E-state index contributed by atoms with van der Waals surface area (Å²) in [4.78, 5) is 13.9. The number of hydrogen-bond acceptors (Lipinski definition) is 4. The summed E-state index contributed by atoms with van der Waals surface area (Å²) in [5, 5.41) is 15.7. The first-order chi connectivity index (χ1) is 14.6. The highest BCUT2D eigenvalue weighted by molar-refractivity contribution is 6.30. The Morgan fingerprint density at radius 1 is 0.967 bits per heavy atom. The number of carbonyl (C=O) groups is 1. The molecule has 30 heavy (non-hydrogen) atoms. The minimum atomic E-state index is -0.351. The van der Waals surface area contributed by atoms with Gasteiger partial charge in [0.05, 0.1) is 6.04 Å². The molecule has 0 aliphatic rings. The first-order valence-electron chi connectivity index (χ1n) is 9.22. The van der Waals surface area contributed by atoms with Crippen LogP contribution in [0.4, 0.5) is 4.39 Å². The van der Waals surface area contributed by atoms with E-state index in [0.29, 0.717) is 16.4 Å². The van der Waals surface area contributed by atoms with E-state index in [-0.39, 0.29) is 24.3 Å². The van der Waals surface area contributed by atoms with Crippen molar-refractivity contribution >= 4 is 17.5 Å². The summed E-state index contributed by atoms with van der Waals surface area (Å²) in [5.41, 5.74) is 2.45. The molecule has 0 aliphatic carbocycles. The van der Waals surface area contributed by atoms with Crippen molar-refractivity contribution in [3.63, 3.8) is 0 Å². The molecular formula is C22H17ClFN5O. The first-order valence-corrected chi connectivity index (χ1v) is 9.60. The van der Waals surface area contributed by atoms with Crippen LogP contribution in [0.25, 0.3) is 11.4 Å². The molecule has 4 rings (SSSR count). The van der Waals surface area contributed by atoms with Crippen molar-refractivity contribution in [2.75, 3.05) is 0 Å². The highest BCUT2D eigenvalue weighted by atomic mass is 35.5. The van der Waals surface area contributed by atoms with E-state index >= 15 is 0 Å². The Labute approximate surface area is 177 Å². The van der Waals surface area contributed by atoms with Gasteiger partial charge in [-0.2, -0.15) is 4.80 Å². The molecule has 1 aromatic heterocycles. The van der Waals surface area contributed by atoms with Crippen LogP contribution in [0.3, 0.4) is 0 Å². The lowest BCUT2D eigenvalue weighted by atomic mass is 9.99. The van der Waals surface area contributed by atoms with E-state index in [1.54, 1.807) is 24.3 Å². The summed E-state index contributed by atoms with van der Waals surface area (Å²) in [6, 6.07) is 22.4. The van der Waals surface area contributed by atoms with E-state index in [1.165, 1.54) is 16.9 Å². The molecule has 1 N–H and O–H groups in total. The van der Waals surface area contributed by atoms with Gasteiger partial charge in [0, 0.05) is 10.6 Å². The maximum absolute atomic E-state index is 13.1. The van der Waals surface area contributed by atoms with Crippen LogP contribution in [0.1, 0.15) is 17.2 Å². The number of aromatic nitrogens is 4. The van der Waals surface area contributed by atoms with Crippen molar-refractivity contribution in [3.05, 3.63) is 101 Å². The number of amides is 1. The molecule has 150 valence electrons. The number of hydrogen-bond donors (Lipinski definition) is 1. The Balaban J connectivity index is 1.50. The number of nitrogens with zero attached hydrogens (tertiary/aromatic N) is 4. The average molecular weight is 422 g/mol. The number of benzene rings is 3. The standard InChI is InChI=1S/C22H17ClFN5O/c23-18-10-6-16(7-11-18)21(15-4-2-1-3-5-15)25-20(30)14-29-27-22(26-28-29)17-8-12-19(24)13-9-17/h1-13,21H,14H2,(H,25,30)/t21-/m1/s1. The quantitative estimate of drug-likeness (QED) is 0.510. The van der Waals surface area contributed by atoms with Crippen LogP contribution in [-0.4, -0.2) is 26.1 Å². The smallest absolute Gasteiger partial charge is 0.244 e. The number of tetrazole rings is 1. The van der Waals surface area contributed by atoms with Crippen molar-refractivity contribution in [1.82, 2.24) is 25.5 Å². The lowest BCUT2D eigenvalue weighted by molar-refractivity contribution is -0.122. The molecule has 3 aromatic carbocycles. The second-order valence-electron chi connectivity index (χ2n) is 6.61. The molecule has 0 unspecified atom stereocenters. The van der Waals surface area contributed by atoms with Crippen molar-refractivity contribution in [2.45, 2.75) is 12.6 Å². The summed E-state index contributed by atoms with van der Waals surface area (Å²) >= 11 is 6.00. The molecule has 0 aliphatic heterocycles. The molecule has 1 heterocycles. The highest BCUT2D eigenvalue weighted by Crippen LogP contribution is 2.23. The van der Waals surface area contributed by atoms with Gasteiger partial charge in [-0.1, -0.05) is 54.1 Å². The zero-order valence-corrected chi connectivity index (χ0v) is 16.5. The van der Waals surface area contributed by atoms with Gasteiger partial charge in [0.25, 0.3) is 0 Å². The largest absolute Gasteiger partial charge is 0.344 e. The van der Waals surface area contributed by atoms with Crippen LogP contribution in [0, 0.1) is 5.82 Å². The van der Waals surface area contributed by atoms with Gasteiger partial charge in [0.1, 0.15) is 12.4 Å². The molecule has 4 aromatic rings. The van der Waals surface area contributed by atoms with Crippen molar-refractivity contribution in [3.8, 4) is 11.4 Å². The molecule has 1 amide bonds. The van der Waals surface area contributed by atoms with Crippen LogP contribution < -0.4 is 5.32 Å².